The number of nitrogens with one attached hydrogen (secondary N) is 1. The Kier molecular flexibility index (Phi) is 6.09. The van der Waals surface area contributed by atoms with Gasteiger partial charge in [-0.1, -0.05) is 34.1 Å². The Morgan fingerprint density at radius 2 is 2.09 bits per heavy atom. The summed E-state index contributed by atoms with van der Waals surface area (Å²) in [5.74, 6) is 0. The standard InChI is InChI=1S/C18H27BrN2O2/c1-13(15-9-5-6-10-16(15)19)20-14-8-7-11-21(12-14)17(22)23-18(2,3)4/h5-6,9-10,13-14,20H,7-8,11-12H2,1-4H3/t13-,14?/m1/s1. The number of amides is 1. The van der Waals surface area contributed by atoms with Crippen molar-refractivity contribution in [3.05, 3.63) is 34.3 Å². The summed E-state index contributed by atoms with van der Waals surface area (Å²) >= 11 is 3.61. The van der Waals surface area contributed by atoms with Crippen LogP contribution in [0.15, 0.2) is 28.7 Å². The minimum Gasteiger partial charge on any atom is -0.444 e. The first kappa shape index (κ1) is 18.3. The molecule has 1 unspecified atom stereocenters. The fourth-order valence-corrected chi connectivity index (χ4v) is 3.50. The van der Waals surface area contributed by atoms with Gasteiger partial charge in [-0.05, 0) is 52.2 Å². The van der Waals surface area contributed by atoms with Crippen molar-refractivity contribution in [2.75, 3.05) is 13.1 Å². The highest BCUT2D eigenvalue weighted by atomic mass is 79.9. The van der Waals surface area contributed by atoms with Crippen LogP contribution in [0, 0.1) is 0 Å². The molecular formula is C18H27BrN2O2. The molecule has 23 heavy (non-hydrogen) atoms. The monoisotopic (exact) mass is 382 g/mol. The Bertz CT molecular complexity index is 542. The van der Waals surface area contributed by atoms with Crippen LogP contribution < -0.4 is 5.32 Å². The quantitative estimate of drug-likeness (QED) is 0.836. The zero-order chi connectivity index (χ0) is 17.0. The van der Waals surface area contributed by atoms with Gasteiger partial charge in [0.15, 0.2) is 0 Å². The van der Waals surface area contributed by atoms with Crippen molar-refractivity contribution in [3.63, 3.8) is 0 Å². The Morgan fingerprint density at radius 1 is 1.39 bits per heavy atom. The zero-order valence-corrected chi connectivity index (χ0v) is 16.0. The Hall–Kier alpha value is -1.07. The number of rotatable bonds is 3. The second-order valence-electron chi connectivity index (χ2n) is 7.18. The molecule has 0 spiro atoms. The summed E-state index contributed by atoms with van der Waals surface area (Å²) in [6.45, 7) is 9.34. The summed E-state index contributed by atoms with van der Waals surface area (Å²) < 4.78 is 6.60. The van der Waals surface area contributed by atoms with Crippen LogP contribution in [0.25, 0.3) is 0 Å². The third-order valence-corrected chi connectivity index (χ3v) is 4.65. The van der Waals surface area contributed by atoms with E-state index >= 15 is 0 Å². The van der Waals surface area contributed by atoms with Crippen LogP contribution in [0.5, 0.6) is 0 Å². The molecular weight excluding hydrogens is 356 g/mol. The summed E-state index contributed by atoms with van der Waals surface area (Å²) in [7, 11) is 0. The molecule has 2 rings (SSSR count). The van der Waals surface area contributed by atoms with Crippen molar-refractivity contribution in [3.8, 4) is 0 Å². The molecule has 1 aliphatic heterocycles. The highest BCUT2D eigenvalue weighted by Crippen LogP contribution is 2.24. The number of hydrogen-bond acceptors (Lipinski definition) is 3. The van der Waals surface area contributed by atoms with Crippen molar-refractivity contribution in [1.82, 2.24) is 10.2 Å². The normalized spacial score (nSPS) is 20.2. The summed E-state index contributed by atoms with van der Waals surface area (Å²) in [5, 5.41) is 3.64. The molecule has 0 saturated carbocycles. The van der Waals surface area contributed by atoms with Crippen LogP contribution in [0.3, 0.4) is 0 Å². The third-order valence-electron chi connectivity index (χ3n) is 3.93. The summed E-state index contributed by atoms with van der Waals surface area (Å²) in [6.07, 6.45) is 1.87. The molecule has 1 saturated heterocycles. The van der Waals surface area contributed by atoms with Crippen molar-refractivity contribution in [1.29, 1.82) is 0 Å². The fraction of sp³-hybridized carbons (Fsp3) is 0.611. The maximum Gasteiger partial charge on any atom is 0.410 e. The van der Waals surface area contributed by atoms with E-state index < -0.39 is 5.60 Å². The summed E-state index contributed by atoms with van der Waals surface area (Å²) in [5.41, 5.74) is 0.793. The molecule has 1 amide bonds. The van der Waals surface area contributed by atoms with Gasteiger partial charge in [0.1, 0.15) is 5.60 Å². The second kappa shape index (κ2) is 7.67. The molecule has 0 radical (unpaired) electrons. The van der Waals surface area contributed by atoms with Crippen molar-refractivity contribution < 1.29 is 9.53 Å². The van der Waals surface area contributed by atoms with Crippen LogP contribution in [-0.2, 0) is 4.74 Å². The number of piperidine rings is 1. The van der Waals surface area contributed by atoms with Crippen molar-refractivity contribution >= 4 is 22.0 Å². The van der Waals surface area contributed by atoms with Gasteiger partial charge in [-0.2, -0.15) is 0 Å². The lowest BCUT2D eigenvalue weighted by molar-refractivity contribution is 0.0184. The maximum atomic E-state index is 12.2. The van der Waals surface area contributed by atoms with E-state index in [0.29, 0.717) is 12.6 Å². The van der Waals surface area contributed by atoms with E-state index in [0.717, 1.165) is 23.9 Å². The van der Waals surface area contributed by atoms with Crippen molar-refractivity contribution in [2.24, 2.45) is 0 Å². The number of carbonyl (C=O) groups excluding carboxylic acids is 1. The molecule has 128 valence electrons. The molecule has 1 fully saturated rings. The highest BCUT2D eigenvalue weighted by Gasteiger charge is 2.28. The summed E-state index contributed by atoms with van der Waals surface area (Å²) in [4.78, 5) is 14.1. The lowest BCUT2D eigenvalue weighted by Crippen LogP contribution is -2.49. The second-order valence-corrected chi connectivity index (χ2v) is 8.03. The van der Waals surface area contributed by atoms with Crippen LogP contribution in [-0.4, -0.2) is 35.7 Å². The van der Waals surface area contributed by atoms with Gasteiger partial charge < -0.3 is 15.0 Å². The van der Waals surface area contributed by atoms with Gasteiger partial charge in [0.25, 0.3) is 0 Å². The van der Waals surface area contributed by atoms with Crippen LogP contribution in [0.1, 0.15) is 52.1 Å². The third kappa shape index (κ3) is 5.50. The lowest BCUT2D eigenvalue weighted by atomic mass is 10.0. The number of ether oxygens (including phenoxy) is 1. The van der Waals surface area contributed by atoms with E-state index in [4.69, 9.17) is 4.74 Å². The fourth-order valence-electron chi connectivity index (χ4n) is 2.88. The number of likely N-dealkylation sites (tertiary alicyclic amines) is 1. The summed E-state index contributed by atoms with van der Waals surface area (Å²) in [6, 6.07) is 8.77. The van der Waals surface area contributed by atoms with Crippen LogP contribution >= 0.6 is 15.9 Å². The predicted octanol–water partition coefficient (Wildman–Crippen LogP) is 4.50. The van der Waals surface area contributed by atoms with Gasteiger partial charge in [0.05, 0.1) is 0 Å². The molecule has 1 aliphatic rings. The maximum absolute atomic E-state index is 12.2. The smallest absolute Gasteiger partial charge is 0.410 e. The van der Waals surface area contributed by atoms with E-state index in [1.165, 1.54) is 5.56 Å². The average Bonchev–Trinajstić information content (AvgIpc) is 2.46. The van der Waals surface area contributed by atoms with Crippen molar-refractivity contribution in [2.45, 2.75) is 58.2 Å². The Labute approximate surface area is 147 Å². The van der Waals surface area contributed by atoms with E-state index in [1.54, 1.807) is 0 Å². The van der Waals surface area contributed by atoms with Gasteiger partial charge in [-0.15, -0.1) is 0 Å². The SMILES string of the molecule is C[C@@H](NC1CCCN(C(=O)OC(C)(C)C)C1)c1ccccc1Br. The zero-order valence-electron chi connectivity index (χ0n) is 14.4. The first-order valence-electron chi connectivity index (χ1n) is 8.24. The molecule has 1 aromatic carbocycles. The topological polar surface area (TPSA) is 41.6 Å². The van der Waals surface area contributed by atoms with E-state index in [2.05, 4.69) is 40.3 Å². The number of carbonyl (C=O) groups is 1. The Morgan fingerprint density at radius 3 is 2.74 bits per heavy atom. The van der Waals surface area contributed by atoms with E-state index in [1.807, 2.05) is 37.8 Å². The molecule has 0 aromatic heterocycles. The van der Waals surface area contributed by atoms with Gasteiger partial charge in [0, 0.05) is 29.6 Å². The van der Waals surface area contributed by atoms with Gasteiger partial charge in [-0.25, -0.2) is 4.79 Å². The van der Waals surface area contributed by atoms with Gasteiger partial charge in [0.2, 0.25) is 0 Å². The molecule has 4 nitrogen and oxygen atoms in total. The van der Waals surface area contributed by atoms with Gasteiger partial charge in [-0.3, -0.25) is 0 Å². The molecule has 5 heteroatoms. The first-order chi connectivity index (χ1) is 10.8. The van der Waals surface area contributed by atoms with E-state index in [-0.39, 0.29) is 12.1 Å². The molecule has 0 bridgehead atoms. The van der Waals surface area contributed by atoms with Crippen LogP contribution in [0.4, 0.5) is 4.79 Å². The lowest BCUT2D eigenvalue weighted by Gasteiger charge is -2.35. The molecule has 1 aromatic rings. The average molecular weight is 383 g/mol. The van der Waals surface area contributed by atoms with E-state index in [9.17, 15) is 4.79 Å². The minimum absolute atomic E-state index is 0.211. The van der Waals surface area contributed by atoms with Gasteiger partial charge >= 0.3 is 6.09 Å². The number of nitrogens with zero attached hydrogens (tertiary/aromatic N) is 1. The molecule has 0 aliphatic carbocycles. The molecule has 1 N–H and O–H groups in total. The minimum atomic E-state index is -0.445. The number of benzene rings is 1. The number of hydrogen-bond donors (Lipinski definition) is 1. The highest BCUT2D eigenvalue weighted by molar-refractivity contribution is 9.10. The largest absolute Gasteiger partial charge is 0.444 e. The Balaban J connectivity index is 1.94. The molecule has 2 atom stereocenters. The van der Waals surface area contributed by atoms with Crippen LogP contribution in [0.2, 0.25) is 0 Å². The first-order valence-corrected chi connectivity index (χ1v) is 9.04. The molecule has 1 heterocycles. The number of halogens is 1. The predicted molar refractivity (Wildman–Crippen MR) is 96.5 cm³/mol.